The van der Waals surface area contributed by atoms with Crippen LogP contribution in [0.5, 0.6) is 0 Å². The van der Waals surface area contributed by atoms with Crippen LogP contribution in [0.4, 0.5) is 11.4 Å². The number of nitrogens with zero attached hydrogens (tertiary/aromatic N) is 2. The van der Waals surface area contributed by atoms with Gasteiger partial charge in [-0.2, -0.15) is 0 Å². The summed E-state index contributed by atoms with van der Waals surface area (Å²) in [5.41, 5.74) is 5.86. The van der Waals surface area contributed by atoms with Gasteiger partial charge in [0.2, 0.25) is 5.91 Å². The molecule has 2 saturated heterocycles. The van der Waals surface area contributed by atoms with Crippen molar-refractivity contribution in [3.8, 4) is 0 Å². The number of fused-ring (bicyclic) bond motifs is 1. The Morgan fingerprint density at radius 3 is 2.43 bits per heavy atom. The highest BCUT2D eigenvalue weighted by molar-refractivity contribution is 7.99. The molecule has 0 bridgehead atoms. The Hall–Kier alpha value is -4.21. The average Bonchev–Trinajstić information content (AvgIpc) is 3.47. The molecule has 2 aliphatic heterocycles. The monoisotopic (exact) mass is 658 g/mol. The van der Waals surface area contributed by atoms with Crippen LogP contribution < -0.4 is 20.4 Å². The van der Waals surface area contributed by atoms with E-state index in [-0.39, 0.29) is 17.1 Å². The van der Waals surface area contributed by atoms with Crippen LogP contribution in [-0.2, 0) is 11.3 Å². The van der Waals surface area contributed by atoms with Gasteiger partial charge in [-0.05, 0) is 68.1 Å². The number of para-hydroxylation sites is 1. The molecule has 0 radical (unpaired) electrons. The number of likely N-dealkylation sites (tertiary alicyclic amines) is 1. The lowest BCUT2D eigenvalue weighted by Gasteiger charge is -2.33. The molecule has 8 nitrogen and oxygen atoms in total. The molecule has 1 aromatic heterocycles. The molecule has 6 rings (SSSR count). The highest BCUT2D eigenvalue weighted by Gasteiger charge is 2.23. The standard InChI is InChI=1S/C29H32N4O4S.C7H7Cl/c1-38-31-22-8-9-26-23(17-22)25(34)18-27(37-26)29(36)30-13-10-20-11-15-32(16-12-20)24-6-3-2-5-21(24)19-33-14-4-7-28(33)35;1-6-2-4-7(8)5-3-6/h2-3,5-6,8-10,17-18,31H,4,7,11-16,19H2,1H3,(H,30,36);2-5H,1H3. The van der Waals surface area contributed by atoms with Crippen molar-refractivity contribution in [2.45, 2.75) is 39.2 Å². The lowest BCUT2D eigenvalue weighted by Crippen LogP contribution is -2.33. The molecule has 0 atom stereocenters. The molecule has 2 amide bonds. The minimum Gasteiger partial charge on any atom is -0.451 e. The SMILES string of the molecule is CSNc1ccc2oc(C(=O)NCC=C3CCN(c4ccccc4CN4CCCC4=O)CC3)cc(=O)c2c1.Cc1ccc(Cl)cc1. The van der Waals surface area contributed by atoms with Crippen LogP contribution in [0, 0.1) is 6.92 Å². The molecule has 240 valence electrons. The van der Waals surface area contributed by atoms with Gasteiger partial charge in [-0.25, -0.2) is 0 Å². The van der Waals surface area contributed by atoms with Gasteiger partial charge < -0.3 is 24.3 Å². The third-order valence-corrected chi connectivity index (χ3v) is 8.80. The van der Waals surface area contributed by atoms with Gasteiger partial charge in [-0.1, -0.05) is 71.1 Å². The highest BCUT2D eigenvalue weighted by Crippen LogP contribution is 2.28. The van der Waals surface area contributed by atoms with Crippen molar-refractivity contribution in [3.05, 3.63) is 117 Å². The molecule has 2 N–H and O–H groups in total. The predicted octanol–water partition coefficient (Wildman–Crippen LogP) is 7.21. The van der Waals surface area contributed by atoms with Gasteiger partial charge in [0.15, 0.2) is 11.2 Å². The zero-order valence-corrected chi connectivity index (χ0v) is 27.8. The first-order valence-corrected chi connectivity index (χ1v) is 17.1. The second-order valence-electron chi connectivity index (χ2n) is 11.4. The van der Waals surface area contributed by atoms with E-state index in [0.29, 0.717) is 30.5 Å². The number of amides is 2. The third kappa shape index (κ3) is 8.73. The van der Waals surface area contributed by atoms with Crippen molar-refractivity contribution in [3.63, 3.8) is 0 Å². The fourth-order valence-corrected chi connectivity index (χ4v) is 6.12. The van der Waals surface area contributed by atoms with Gasteiger partial charge >= 0.3 is 0 Å². The van der Waals surface area contributed by atoms with Gasteiger partial charge in [0, 0.05) is 67.9 Å². The zero-order valence-electron chi connectivity index (χ0n) is 26.2. The van der Waals surface area contributed by atoms with Crippen molar-refractivity contribution < 1.29 is 14.0 Å². The van der Waals surface area contributed by atoms with Gasteiger partial charge in [-0.3, -0.25) is 14.4 Å². The Morgan fingerprint density at radius 1 is 0.978 bits per heavy atom. The number of anilines is 2. The van der Waals surface area contributed by atoms with Crippen LogP contribution in [0.25, 0.3) is 11.0 Å². The van der Waals surface area contributed by atoms with E-state index in [4.69, 9.17) is 16.0 Å². The first-order chi connectivity index (χ1) is 22.3. The van der Waals surface area contributed by atoms with E-state index in [9.17, 15) is 14.4 Å². The smallest absolute Gasteiger partial charge is 0.287 e. The molecule has 4 aromatic rings. The lowest BCUT2D eigenvalue weighted by atomic mass is 10.0. The number of rotatable bonds is 8. The number of carbonyl (C=O) groups excluding carboxylic acids is 2. The lowest BCUT2D eigenvalue weighted by molar-refractivity contribution is -0.128. The summed E-state index contributed by atoms with van der Waals surface area (Å²) in [6.45, 7) is 5.69. The van der Waals surface area contributed by atoms with E-state index in [1.165, 1.54) is 40.4 Å². The summed E-state index contributed by atoms with van der Waals surface area (Å²) in [5, 5.41) is 4.09. The molecule has 0 saturated carbocycles. The van der Waals surface area contributed by atoms with E-state index in [2.05, 4.69) is 39.2 Å². The number of piperidine rings is 1. The summed E-state index contributed by atoms with van der Waals surface area (Å²) in [6, 6.07) is 22.6. The fourth-order valence-electron chi connectivity index (χ4n) is 5.63. The summed E-state index contributed by atoms with van der Waals surface area (Å²) >= 11 is 7.05. The molecule has 46 heavy (non-hydrogen) atoms. The Morgan fingerprint density at radius 2 is 1.74 bits per heavy atom. The zero-order chi connectivity index (χ0) is 32.5. The molecule has 0 unspecified atom stereocenters. The topological polar surface area (TPSA) is 94.9 Å². The van der Waals surface area contributed by atoms with Crippen molar-refractivity contribution >= 4 is 57.7 Å². The summed E-state index contributed by atoms with van der Waals surface area (Å²) in [6.07, 6.45) is 7.37. The third-order valence-electron chi connectivity index (χ3n) is 8.11. The van der Waals surface area contributed by atoms with Crippen molar-refractivity contribution in [1.29, 1.82) is 0 Å². The summed E-state index contributed by atoms with van der Waals surface area (Å²) < 4.78 is 8.80. The average molecular weight is 659 g/mol. The van der Waals surface area contributed by atoms with E-state index < -0.39 is 5.91 Å². The maximum Gasteiger partial charge on any atom is 0.287 e. The molecular weight excluding hydrogens is 620 g/mol. The van der Waals surface area contributed by atoms with Gasteiger partial charge in [0.1, 0.15) is 5.58 Å². The summed E-state index contributed by atoms with van der Waals surface area (Å²) in [7, 11) is 0. The van der Waals surface area contributed by atoms with E-state index >= 15 is 0 Å². The number of benzene rings is 3. The first-order valence-electron chi connectivity index (χ1n) is 15.5. The first kappa shape index (κ1) is 33.2. The van der Waals surface area contributed by atoms with E-state index in [1.54, 1.807) is 12.1 Å². The van der Waals surface area contributed by atoms with Crippen LogP contribution in [-0.4, -0.2) is 49.1 Å². The van der Waals surface area contributed by atoms with Gasteiger partial charge in [0.25, 0.3) is 5.91 Å². The molecular formula is C36H39ClN4O4S. The maximum absolute atomic E-state index is 12.7. The molecule has 0 spiro atoms. The molecule has 0 aliphatic carbocycles. The van der Waals surface area contributed by atoms with Crippen LogP contribution >= 0.6 is 23.5 Å². The Labute approximate surface area is 278 Å². The Balaban J connectivity index is 0.000000455. The van der Waals surface area contributed by atoms with E-state index in [1.807, 2.05) is 54.5 Å². The highest BCUT2D eigenvalue weighted by atomic mass is 35.5. The molecule has 3 heterocycles. The summed E-state index contributed by atoms with van der Waals surface area (Å²) in [4.78, 5) is 41.7. The Bertz CT molecular complexity index is 1740. The minimum atomic E-state index is -0.407. The summed E-state index contributed by atoms with van der Waals surface area (Å²) in [5.74, 6) is -0.157. The molecule has 3 aromatic carbocycles. The van der Waals surface area contributed by atoms with Crippen molar-refractivity contribution in [1.82, 2.24) is 10.2 Å². The molecule has 10 heteroatoms. The second kappa shape index (κ2) is 15.9. The number of hydrogen-bond acceptors (Lipinski definition) is 7. The largest absolute Gasteiger partial charge is 0.451 e. The number of nitrogens with one attached hydrogen (secondary N) is 2. The fraction of sp³-hybridized carbons (Fsp3) is 0.306. The van der Waals surface area contributed by atoms with Gasteiger partial charge in [0.05, 0.1) is 5.39 Å². The van der Waals surface area contributed by atoms with Crippen molar-refractivity contribution in [2.24, 2.45) is 0 Å². The maximum atomic E-state index is 12.7. The van der Waals surface area contributed by atoms with Gasteiger partial charge in [-0.15, -0.1) is 0 Å². The number of carbonyl (C=O) groups is 2. The van der Waals surface area contributed by atoms with Crippen molar-refractivity contribution in [2.75, 3.05) is 42.1 Å². The number of halogens is 1. The van der Waals surface area contributed by atoms with Crippen LogP contribution in [0.15, 0.2) is 93.7 Å². The Kier molecular flexibility index (Phi) is 11.4. The second-order valence-corrected chi connectivity index (χ2v) is 12.4. The van der Waals surface area contributed by atoms with E-state index in [0.717, 1.165) is 49.6 Å². The quantitative estimate of drug-likeness (QED) is 0.153. The molecule has 2 fully saturated rings. The van der Waals surface area contributed by atoms with Crippen LogP contribution in [0.3, 0.4) is 0 Å². The van der Waals surface area contributed by atoms with Crippen LogP contribution in [0.1, 0.15) is 47.4 Å². The number of aryl methyl sites for hydroxylation is 1. The normalized spacial score (nSPS) is 14.6. The van der Waals surface area contributed by atoms with Crippen LogP contribution in [0.2, 0.25) is 5.02 Å². The molecule has 2 aliphatic rings. The predicted molar refractivity (Wildman–Crippen MR) is 189 cm³/mol. The minimum absolute atomic E-state index is 0.00869. The number of hydrogen-bond donors (Lipinski definition) is 2.